The fourth-order valence-corrected chi connectivity index (χ4v) is 5.54. The lowest BCUT2D eigenvalue weighted by Crippen LogP contribution is -2.39. The Hall–Kier alpha value is -3.07. The lowest BCUT2D eigenvalue weighted by molar-refractivity contribution is -0.126. The molecule has 1 atom stereocenters. The van der Waals surface area contributed by atoms with Gasteiger partial charge in [0.15, 0.2) is 11.5 Å². The fraction of sp³-hybridized carbons (Fsp3) is 0.458. The molecule has 3 heterocycles. The van der Waals surface area contributed by atoms with E-state index in [0.29, 0.717) is 35.7 Å². The molecule has 1 aliphatic heterocycles. The molecule has 1 amide bonds. The van der Waals surface area contributed by atoms with Crippen molar-refractivity contribution >= 4 is 27.5 Å². The molecule has 0 radical (unpaired) electrons. The number of amides is 1. The highest BCUT2D eigenvalue weighted by Crippen LogP contribution is 2.33. The van der Waals surface area contributed by atoms with Gasteiger partial charge in [0, 0.05) is 12.5 Å². The summed E-state index contributed by atoms with van der Waals surface area (Å²) >= 11 is 1.34. The summed E-state index contributed by atoms with van der Waals surface area (Å²) < 4.78 is 13.1. The standard InChI is InChI=1S/C24H27N3O5S/c1-14(17-6-7-19-20(12-17)32-10-9-31-19)25-22(28)16-4-2-15(3-5-16)13-27-23(29)21-18(8-11-33-21)26-24(27)30/h6-8,11-12,14-16H,2-5,9-10,13H2,1H3,(H,25,28)(H,26,30). The third-order valence-electron chi connectivity index (χ3n) is 6.67. The van der Waals surface area contributed by atoms with Crippen LogP contribution < -0.4 is 26.0 Å². The van der Waals surface area contributed by atoms with Gasteiger partial charge in [-0.15, -0.1) is 11.3 Å². The monoisotopic (exact) mass is 469 g/mol. The van der Waals surface area contributed by atoms with Gasteiger partial charge in [0.1, 0.15) is 17.9 Å². The topological polar surface area (TPSA) is 102 Å². The average Bonchev–Trinajstić information content (AvgIpc) is 3.30. The highest BCUT2D eigenvalue weighted by molar-refractivity contribution is 7.17. The molecule has 33 heavy (non-hydrogen) atoms. The van der Waals surface area contributed by atoms with E-state index in [1.165, 1.54) is 15.9 Å². The van der Waals surface area contributed by atoms with E-state index in [2.05, 4.69) is 10.3 Å². The van der Waals surface area contributed by atoms with Gasteiger partial charge in [0.2, 0.25) is 5.91 Å². The average molecular weight is 470 g/mol. The summed E-state index contributed by atoms with van der Waals surface area (Å²) in [6.45, 7) is 3.44. The molecule has 9 heteroatoms. The van der Waals surface area contributed by atoms with Gasteiger partial charge in [-0.1, -0.05) is 6.07 Å². The van der Waals surface area contributed by atoms with Crippen molar-refractivity contribution in [2.24, 2.45) is 11.8 Å². The second kappa shape index (κ2) is 9.05. The number of hydrogen-bond donors (Lipinski definition) is 2. The first-order valence-electron chi connectivity index (χ1n) is 11.4. The van der Waals surface area contributed by atoms with Crippen LogP contribution in [0.5, 0.6) is 11.5 Å². The smallest absolute Gasteiger partial charge is 0.328 e. The van der Waals surface area contributed by atoms with Crippen molar-refractivity contribution in [1.82, 2.24) is 14.9 Å². The lowest BCUT2D eigenvalue weighted by Gasteiger charge is -2.29. The molecule has 1 unspecified atom stereocenters. The van der Waals surface area contributed by atoms with Gasteiger partial charge >= 0.3 is 5.69 Å². The summed E-state index contributed by atoms with van der Waals surface area (Å²) in [7, 11) is 0. The van der Waals surface area contributed by atoms with Crippen LogP contribution in [0.3, 0.4) is 0 Å². The molecule has 1 fully saturated rings. The normalized spacial score (nSPS) is 21.0. The Morgan fingerprint density at radius 2 is 1.91 bits per heavy atom. The molecule has 2 N–H and O–H groups in total. The van der Waals surface area contributed by atoms with Crippen LogP contribution >= 0.6 is 11.3 Å². The molecule has 1 aromatic carbocycles. The SMILES string of the molecule is CC(NC(=O)C1CCC(Cn2c(=O)[nH]c3ccsc3c2=O)CC1)c1ccc2c(c1)OCCO2. The zero-order valence-corrected chi connectivity index (χ0v) is 19.3. The summed E-state index contributed by atoms with van der Waals surface area (Å²) in [6, 6.07) is 7.38. The van der Waals surface area contributed by atoms with Gasteiger partial charge < -0.3 is 19.8 Å². The van der Waals surface area contributed by atoms with Crippen LogP contribution in [0.4, 0.5) is 0 Å². The van der Waals surface area contributed by atoms with E-state index in [1.54, 1.807) is 6.07 Å². The maximum Gasteiger partial charge on any atom is 0.328 e. The quantitative estimate of drug-likeness (QED) is 0.597. The van der Waals surface area contributed by atoms with E-state index in [1.807, 2.05) is 30.5 Å². The number of nitrogens with zero attached hydrogens (tertiary/aromatic N) is 1. The van der Waals surface area contributed by atoms with Gasteiger partial charge in [0.25, 0.3) is 5.56 Å². The molecule has 8 nitrogen and oxygen atoms in total. The van der Waals surface area contributed by atoms with E-state index < -0.39 is 0 Å². The number of fused-ring (bicyclic) bond motifs is 2. The molecule has 0 spiro atoms. The zero-order valence-electron chi connectivity index (χ0n) is 18.5. The Morgan fingerprint density at radius 1 is 1.15 bits per heavy atom. The highest BCUT2D eigenvalue weighted by atomic mass is 32.1. The van der Waals surface area contributed by atoms with Crippen molar-refractivity contribution in [2.45, 2.75) is 45.2 Å². The molecule has 5 rings (SSSR count). The van der Waals surface area contributed by atoms with Crippen LogP contribution in [0.15, 0.2) is 39.2 Å². The van der Waals surface area contributed by atoms with Gasteiger partial charge in [-0.25, -0.2) is 4.79 Å². The Labute approximate surface area is 194 Å². The van der Waals surface area contributed by atoms with Crippen LogP contribution in [0.2, 0.25) is 0 Å². The first kappa shape index (κ1) is 21.8. The second-order valence-electron chi connectivity index (χ2n) is 8.86. The maximum absolute atomic E-state index is 12.9. The van der Waals surface area contributed by atoms with E-state index in [9.17, 15) is 14.4 Å². The zero-order chi connectivity index (χ0) is 22.9. The highest BCUT2D eigenvalue weighted by Gasteiger charge is 2.28. The first-order valence-corrected chi connectivity index (χ1v) is 12.3. The summed E-state index contributed by atoms with van der Waals surface area (Å²) in [6.07, 6.45) is 3.12. The van der Waals surface area contributed by atoms with Gasteiger partial charge in [-0.3, -0.25) is 14.2 Å². The summed E-state index contributed by atoms with van der Waals surface area (Å²) in [4.78, 5) is 40.7. The number of nitrogens with one attached hydrogen (secondary N) is 2. The third kappa shape index (κ3) is 4.42. The molecule has 174 valence electrons. The summed E-state index contributed by atoms with van der Waals surface area (Å²) in [5, 5.41) is 4.94. The third-order valence-corrected chi connectivity index (χ3v) is 7.58. The molecule has 2 aromatic heterocycles. The van der Waals surface area contributed by atoms with Crippen molar-refractivity contribution in [3.63, 3.8) is 0 Å². The summed E-state index contributed by atoms with van der Waals surface area (Å²) in [5.41, 5.74) is 0.985. The number of carbonyl (C=O) groups excluding carboxylic acids is 1. The number of aromatic nitrogens is 2. The van der Waals surface area contributed by atoms with Crippen molar-refractivity contribution in [3.8, 4) is 11.5 Å². The molecule has 0 bridgehead atoms. The molecule has 2 aliphatic rings. The predicted molar refractivity (Wildman–Crippen MR) is 126 cm³/mol. The van der Waals surface area contributed by atoms with E-state index in [4.69, 9.17) is 9.47 Å². The lowest BCUT2D eigenvalue weighted by atomic mass is 9.81. The fourth-order valence-electron chi connectivity index (χ4n) is 4.75. The number of carbonyl (C=O) groups is 1. The maximum atomic E-state index is 12.9. The van der Waals surface area contributed by atoms with E-state index in [0.717, 1.165) is 37.0 Å². The predicted octanol–water partition coefficient (Wildman–Crippen LogP) is 3.21. The van der Waals surface area contributed by atoms with Crippen LogP contribution in [0, 0.1) is 11.8 Å². The number of aromatic amines is 1. The van der Waals surface area contributed by atoms with Crippen LogP contribution in [0.1, 0.15) is 44.2 Å². The van der Waals surface area contributed by atoms with Crippen molar-refractivity contribution < 1.29 is 14.3 Å². The van der Waals surface area contributed by atoms with Crippen molar-refractivity contribution in [1.29, 1.82) is 0 Å². The summed E-state index contributed by atoms with van der Waals surface area (Å²) in [5.74, 6) is 1.64. The van der Waals surface area contributed by atoms with Crippen LogP contribution in [0.25, 0.3) is 10.2 Å². The number of thiophene rings is 1. The van der Waals surface area contributed by atoms with Gasteiger partial charge in [0.05, 0.1) is 11.6 Å². The molecule has 1 aliphatic carbocycles. The minimum absolute atomic E-state index is 0.0471. The number of benzene rings is 1. The first-order chi connectivity index (χ1) is 16.0. The Kier molecular flexibility index (Phi) is 5.97. The molecule has 3 aromatic rings. The minimum Gasteiger partial charge on any atom is -0.486 e. The minimum atomic E-state index is -0.362. The van der Waals surface area contributed by atoms with Gasteiger partial charge in [-0.05, 0) is 67.7 Å². The van der Waals surface area contributed by atoms with Crippen molar-refractivity contribution in [2.75, 3.05) is 13.2 Å². The van der Waals surface area contributed by atoms with E-state index in [-0.39, 0.29) is 35.0 Å². The Bertz CT molecular complexity index is 1290. The van der Waals surface area contributed by atoms with E-state index >= 15 is 0 Å². The number of hydrogen-bond acceptors (Lipinski definition) is 6. The van der Waals surface area contributed by atoms with Crippen LogP contribution in [-0.2, 0) is 11.3 Å². The molecule has 0 saturated heterocycles. The Morgan fingerprint density at radius 3 is 2.70 bits per heavy atom. The second-order valence-corrected chi connectivity index (χ2v) is 9.78. The van der Waals surface area contributed by atoms with Gasteiger partial charge in [-0.2, -0.15) is 0 Å². The number of H-pyrrole nitrogens is 1. The van der Waals surface area contributed by atoms with Crippen LogP contribution in [-0.4, -0.2) is 28.7 Å². The Balaban J connectivity index is 1.18. The number of rotatable bonds is 5. The largest absolute Gasteiger partial charge is 0.486 e. The molecular weight excluding hydrogens is 442 g/mol. The van der Waals surface area contributed by atoms with Crippen molar-refractivity contribution in [3.05, 3.63) is 56.0 Å². The molecule has 1 saturated carbocycles. The molecular formula is C24H27N3O5S. The number of ether oxygens (including phenoxy) is 2.